The molecule has 23 heavy (non-hydrogen) atoms. The van der Waals surface area contributed by atoms with Crippen molar-refractivity contribution in [1.29, 1.82) is 0 Å². The van der Waals surface area contributed by atoms with Crippen LogP contribution in [0.5, 0.6) is 11.5 Å². The number of carbonyl (C=O) groups is 2. The minimum absolute atomic E-state index is 0.187. The zero-order valence-electron chi connectivity index (χ0n) is 13.8. The van der Waals surface area contributed by atoms with Gasteiger partial charge in [-0.15, -0.1) is 0 Å². The van der Waals surface area contributed by atoms with E-state index in [0.717, 1.165) is 19.3 Å². The molecule has 5 heteroatoms. The molecule has 0 saturated heterocycles. The van der Waals surface area contributed by atoms with Gasteiger partial charge in [-0.1, -0.05) is 19.8 Å². The quantitative estimate of drug-likeness (QED) is 0.779. The Labute approximate surface area is 135 Å². The van der Waals surface area contributed by atoms with E-state index >= 15 is 0 Å². The lowest BCUT2D eigenvalue weighted by molar-refractivity contribution is -0.123. The molecule has 3 atom stereocenters. The topological polar surface area (TPSA) is 61.8 Å². The highest BCUT2D eigenvalue weighted by atomic mass is 16.6. The first-order valence-electron chi connectivity index (χ1n) is 8.08. The van der Waals surface area contributed by atoms with Crippen molar-refractivity contribution in [3.63, 3.8) is 0 Å². The summed E-state index contributed by atoms with van der Waals surface area (Å²) in [4.78, 5) is 24.7. The summed E-state index contributed by atoms with van der Waals surface area (Å²) in [5.41, 5.74) is 1.13. The van der Waals surface area contributed by atoms with Gasteiger partial charge < -0.3 is 14.2 Å². The van der Waals surface area contributed by atoms with Crippen LogP contribution < -0.4 is 9.47 Å². The fourth-order valence-corrected chi connectivity index (χ4v) is 3.80. The third-order valence-electron chi connectivity index (χ3n) is 4.86. The number of methoxy groups -OCH3 is 2. The van der Waals surface area contributed by atoms with E-state index in [1.165, 1.54) is 7.11 Å². The summed E-state index contributed by atoms with van der Waals surface area (Å²) in [6.45, 7) is 2.12. The van der Waals surface area contributed by atoms with Crippen molar-refractivity contribution in [1.82, 2.24) is 0 Å². The lowest BCUT2D eigenvalue weighted by Gasteiger charge is -2.19. The smallest absolute Gasteiger partial charge is 0.339 e. The number of hydrogen-bond donors (Lipinski definition) is 0. The molecule has 0 aromatic heterocycles. The Bertz CT molecular complexity index is 637. The number of ether oxygens (including phenoxy) is 3. The summed E-state index contributed by atoms with van der Waals surface area (Å²) in [7, 11) is 3.08. The molecule has 1 saturated carbocycles. The van der Waals surface area contributed by atoms with E-state index in [2.05, 4.69) is 6.92 Å². The molecule has 0 amide bonds. The van der Waals surface area contributed by atoms with Crippen molar-refractivity contribution in [2.24, 2.45) is 11.8 Å². The second-order valence-corrected chi connectivity index (χ2v) is 6.28. The lowest BCUT2D eigenvalue weighted by Crippen LogP contribution is -2.17. The van der Waals surface area contributed by atoms with Gasteiger partial charge in [-0.25, -0.2) is 4.79 Å². The Morgan fingerprint density at radius 3 is 2.65 bits per heavy atom. The van der Waals surface area contributed by atoms with E-state index in [0.29, 0.717) is 35.0 Å². The summed E-state index contributed by atoms with van der Waals surface area (Å²) in [6.07, 6.45) is 2.93. The second kappa shape index (κ2) is 6.22. The van der Waals surface area contributed by atoms with Crippen molar-refractivity contribution in [2.75, 3.05) is 14.2 Å². The molecule has 124 valence electrons. The van der Waals surface area contributed by atoms with E-state index in [1.54, 1.807) is 19.2 Å². The van der Waals surface area contributed by atoms with Crippen molar-refractivity contribution in [3.05, 3.63) is 23.3 Å². The van der Waals surface area contributed by atoms with Gasteiger partial charge in [0, 0.05) is 12.5 Å². The van der Waals surface area contributed by atoms with Gasteiger partial charge in [0.1, 0.15) is 23.4 Å². The van der Waals surface area contributed by atoms with Crippen molar-refractivity contribution < 1.29 is 23.8 Å². The molecule has 0 spiro atoms. The molecule has 2 aliphatic rings. The molecule has 1 fully saturated rings. The molecule has 3 rings (SSSR count). The molecule has 1 aromatic rings. The third kappa shape index (κ3) is 2.69. The molecule has 5 nitrogen and oxygen atoms in total. The average Bonchev–Trinajstić information content (AvgIpc) is 3.07. The highest BCUT2D eigenvalue weighted by molar-refractivity contribution is 5.97. The van der Waals surface area contributed by atoms with Gasteiger partial charge in [-0.05, 0) is 18.4 Å². The molecule has 0 N–H and O–H groups in total. The third-order valence-corrected chi connectivity index (χ3v) is 4.86. The van der Waals surface area contributed by atoms with Crippen LogP contribution in [0.3, 0.4) is 0 Å². The normalized spacial score (nSPS) is 26.1. The summed E-state index contributed by atoms with van der Waals surface area (Å²) < 4.78 is 16.2. The molecule has 1 heterocycles. The van der Waals surface area contributed by atoms with Crippen LogP contribution in [0.25, 0.3) is 0 Å². The predicted octanol–water partition coefficient (Wildman–Crippen LogP) is 3.31. The number of ketones is 1. The Morgan fingerprint density at radius 1 is 1.22 bits per heavy atom. The van der Waals surface area contributed by atoms with Crippen molar-refractivity contribution in [2.45, 2.75) is 38.7 Å². The lowest BCUT2D eigenvalue weighted by atomic mass is 9.90. The monoisotopic (exact) mass is 318 g/mol. The number of Topliss-reactive ketones (excluding diaryl/α,β-unsaturated/α-hetero) is 1. The maximum atomic E-state index is 12.4. The van der Waals surface area contributed by atoms with Gasteiger partial charge in [-0.2, -0.15) is 0 Å². The van der Waals surface area contributed by atoms with Crippen LogP contribution in [0, 0.1) is 11.8 Å². The maximum Gasteiger partial charge on any atom is 0.339 e. The first-order chi connectivity index (χ1) is 11.1. The van der Waals surface area contributed by atoms with Gasteiger partial charge in [0.25, 0.3) is 0 Å². The molecule has 0 radical (unpaired) electrons. The molecular weight excluding hydrogens is 296 g/mol. The second-order valence-electron chi connectivity index (χ2n) is 6.28. The standard InChI is InChI=1S/C18H22O5/c1-4-5-10-6-12(14(19)7-10)17-16-13(18(20)23-17)8-11(21-2)9-15(16)22-3/h8-10,12,17H,4-7H2,1-3H3/t10-,12+,17+/m1/s1. The summed E-state index contributed by atoms with van der Waals surface area (Å²) in [5.74, 6) is 0.992. The fourth-order valence-electron chi connectivity index (χ4n) is 3.80. The van der Waals surface area contributed by atoms with Gasteiger partial charge in [-0.3, -0.25) is 4.79 Å². The van der Waals surface area contributed by atoms with Gasteiger partial charge in [0.05, 0.1) is 31.3 Å². The number of hydrogen-bond acceptors (Lipinski definition) is 5. The van der Waals surface area contributed by atoms with E-state index in [-0.39, 0.29) is 11.7 Å². The summed E-state index contributed by atoms with van der Waals surface area (Å²) in [5, 5.41) is 0. The van der Waals surface area contributed by atoms with Crippen LogP contribution in [0.15, 0.2) is 12.1 Å². The maximum absolute atomic E-state index is 12.4. The van der Waals surface area contributed by atoms with E-state index in [4.69, 9.17) is 14.2 Å². The van der Waals surface area contributed by atoms with Crippen LogP contribution in [-0.2, 0) is 9.53 Å². The molecule has 1 aliphatic carbocycles. The van der Waals surface area contributed by atoms with Crippen molar-refractivity contribution >= 4 is 11.8 Å². The van der Waals surface area contributed by atoms with Gasteiger partial charge in [0.15, 0.2) is 0 Å². The predicted molar refractivity (Wildman–Crippen MR) is 83.8 cm³/mol. The highest BCUT2D eigenvalue weighted by Gasteiger charge is 2.46. The SMILES string of the molecule is CCC[C@H]1CC(=O)[C@@H]([C@@H]2OC(=O)c3cc(OC)cc(OC)c32)C1. The number of fused-ring (bicyclic) bond motifs is 1. The Kier molecular flexibility index (Phi) is 4.28. The van der Waals surface area contributed by atoms with Crippen molar-refractivity contribution in [3.8, 4) is 11.5 Å². The number of cyclic esters (lactones) is 1. The zero-order chi connectivity index (χ0) is 16.6. The average molecular weight is 318 g/mol. The van der Waals surface area contributed by atoms with E-state index in [9.17, 15) is 9.59 Å². The van der Waals surface area contributed by atoms with Crippen LogP contribution in [-0.4, -0.2) is 26.0 Å². The van der Waals surface area contributed by atoms with Gasteiger partial charge >= 0.3 is 5.97 Å². The molecule has 0 bridgehead atoms. The van der Waals surface area contributed by atoms with Crippen LogP contribution in [0.2, 0.25) is 0 Å². The Hall–Kier alpha value is -2.04. The van der Waals surface area contributed by atoms with Crippen LogP contribution in [0.1, 0.15) is 54.6 Å². The fraction of sp³-hybridized carbons (Fsp3) is 0.556. The molecule has 1 aliphatic heterocycles. The molecule has 1 aromatic carbocycles. The first-order valence-corrected chi connectivity index (χ1v) is 8.08. The molecule has 0 unspecified atom stereocenters. The van der Waals surface area contributed by atoms with Gasteiger partial charge in [0.2, 0.25) is 0 Å². The Balaban J connectivity index is 1.96. The van der Waals surface area contributed by atoms with Crippen LogP contribution in [0.4, 0.5) is 0 Å². The summed E-state index contributed by atoms with van der Waals surface area (Å²) in [6, 6.07) is 3.39. The minimum atomic E-state index is -0.535. The number of esters is 1. The van der Waals surface area contributed by atoms with E-state index < -0.39 is 12.1 Å². The van der Waals surface area contributed by atoms with E-state index in [1.807, 2.05) is 0 Å². The highest BCUT2D eigenvalue weighted by Crippen LogP contribution is 2.48. The number of rotatable bonds is 5. The first kappa shape index (κ1) is 15.8. The Morgan fingerprint density at radius 2 is 2.00 bits per heavy atom. The number of carbonyl (C=O) groups excluding carboxylic acids is 2. The van der Waals surface area contributed by atoms with Crippen LogP contribution >= 0.6 is 0 Å². The minimum Gasteiger partial charge on any atom is -0.497 e. The zero-order valence-corrected chi connectivity index (χ0v) is 13.8. The molecular formula is C18H22O5. The summed E-state index contributed by atoms with van der Waals surface area (Å²) >= 11 is 0. The number of benzene rings is 1. The largest absolute Gasteiger partial charge is 0.497 e.